The van der Waals surface area contributed by atoms with Gasteiger partial charge >= 0.3 is 0 Å². The molecule has 0 fully saturated rings. The fourth-order valence-electron chi connectivity index (χ4n) is 1.51. The molecule has 0 spiro atoms. The van der Waals surface area contributed by atoms with E-state index >= 15 is 0 Å². The molecule has 0 aliphatic rings. The first-order valence-electron chi connectivity index (χ1n) is 4.63. The Kier molecular flexibility index (Phi) is 2.46. The van der Waals surface area contributed by atoms with Gasteiger partial charge in [0.1, 0.15) is 5.01 Å². The third-order valence-corrected chi connectivity index (χ3v) is 4.57. The Morgan fingerprint density at radius 1 is 1.25 bits per heavy atom. The first kappa shape index (κ1) is 10.3. The molecule has 1 aromatic carbocycles. The molecule has 3 rings (SSSR count). The number of benzene rings is 1. The fraction of sp³-hybridized carbons (Fsp3) is 0. The van der Waals surface area contributed by atoms with Crippen LogP contribution in [-0.2, 0) is 0 Å². The van der Waals surface area contributed by atoms with Gasteiger partial charge in [-0.2, -0.15) is 0 Å². The molecule has 0 unspecified atom stereocenters. The summed E-state index contributed by atoms with van der Waals surface area (Å²) in [5.41, 5.74) is 7.97. The summed E-state index contributed by atoms with van der Waals surface area (Å²) in [4.78, 5) is 4.58. The maximum absolute atomic E-state index is 5.90. The topological polar surface area (TPSA) is 38.9 Å². The van der Waals surface area contributed by atoms with Gasteiger partial charge in [0.05, 0.1) is 15.2 Å². The molecule has 0 atom stereocenters. The molecule has 16 heavy (non-hydrogen) atoms. The van der Waals surface area contributed by atoms with Gasteiger partial charge < -0.3 is 5.73 Å². The first-order chi connectivity index (χ1) is 7.74. The molecule has 5 heteroatoms. The molecular weight excluding hydrogens is 304 g/mol. The Labute approximate surface area is 109 Å². The monoisotopic (exact) mass is 310 g/mol. The second-order valence-corrected chi connectivity index (χ2v) is 6.22. The maximum Gasteiger partial charge on any atom is 0.127 e. The lowest BCUT2D eigenvalue weighted by molar-refractivity contribution is 1.49. The predicted molar refractivity (Wildman–Crippen MR) is 75.0 cm³/mol. The molecule has 0 saturated carbocycles. The SMILES string of the molecule is Nc1sccc1-c1nc2ccc(Br)cc2s1. The van der Waals surface area contributed by atoms with Crippen molar-refractivity contribution in [3.05, 3.63) is 34.1 Å². The van der Waals surface area contributed by atoms with E-state index in [4.69, 9.17) is 5.73 Å². The van der Waals surface area contributed by atoms with Crippen LogP contribution >= 0.6 is 38.6 Å². The van der Waals surface area contributed by atoms with Crippen LogP contribution in [0.4, 0.5) is 5.00 Å². The number of thiazole rings is 1. The van der Waals surface area contributed by atoms with Gasteiger partial charge in [0.2, 0.25) is 0 Å². The first-order valence-corrected chi connectivity index (χ1v) is 7.12. The molecule has 80 valence electrons. The van der Waals surface area contributed by atoms with E-state index in [2.05, 4.69) is 27.0 Å². The summed E-state index contributed by atoms with van der Waals surface area (Å²) in [6.45, 7) is 0. The van der Waals surface area contributed by atoms with Crippen molar-refractivity contribution in [3.63, 3.8) is 0 Å². The van der Waals surface area contributed by atoms with Crippen LogP contribution in [0.5, 0.6) is 0 Å². The van der Waals surface area contributed by atoms with Crippen molar-refractivity contribution >= 4 is 53.8 Å². The Bertz CT molecular complexity index is 657. The highest BCUT2D eigenvalue weighted by molar-refractivity contribution is 9.10. The van der Waals surface area contributed by atoms with Crippen LogP contribution in [-0.4, -0.2) is 4.98 Å². The lowest BCUT2D eigenvalue weighted by Gasteiger charge is -1.90. The molecule has 2 N–H and O–H groups in total. The van der Waals surface area contributed by atoms with Gasteiger partial charge in [0.25, 0.3) is 0 Å². The quantitative estimate of drug-likeness (QED) is 0.725. The number of hydrogen-bond acceptors (Lipinski definition) is 4. The van der Waals surface area contributed by atoms with Gasteiger partial charge in [-0.3, -0.25) is 0 Å². The number of aromatic nitrogens is 1. The van der Waals surface area contributed by atoms with Crippen LogP contribution in [0.1, 0.15) is 0 Å². The van der Waals surface area contributed by atoms with E-state index < -0.39 is 0 Å². The van der Waals surface area contributed by atoms with Crippen LogP contribution < -0.4 is 5.73 Å². The van der Waals surface area contributed by atoms with E-state index in [0.717, 1.165) is 25.6 Å². The zero-order valence-corrected chi connectivity index (χ0v) is 11.3. The Hall–Kier alpha value is -0.910. The van der Waals surface area contributed by atoms with E-state index in [1.807, 2.05) is 23.6 Å². The number of anilines is 1. The number of halogens is 1. The van der Waals surface area contributed by atoms with Crippen molar-refractivity contribution in [3.8, 4) is 10.6 Å². The second kappa shape index (κ2) is 3.84. The van der Waals surface area contributed by atoms with Crippen LogP contribution in [0.25, 0.3) is 20.8 Å². The van der Waals surface area contributed by atoms with Gasteiger partial charge in [-0.05, 0) is 29.6 Å². The summed E-state index contributed by atoms with van der Waals surface area (Å²) in [6, 6.07) is 8.12. The summed E-state index contributed by atoms with van der Waals surface area (Å²) in [7, 11) is 0. The van der Waals surface area contributed by atoms with Crippen LogP contribution in [0.3, 0.4) is 0 Å². The van der Waals surface area contributed by atoms with Crippen molar-refractivity contribution in [2.45, 2.75) is 0 Å². The maximum atomic E-state index is 5.90. The number of hydrogen-bond donors (Lipinski definition) is 1. The third-order valence-electron chi connectivity index (χ3n) is 2.28. The molecule has 0 amide bonds. The smallest absolute Gasteiger partial charge is 0.127 e. The minimum Gasteiger partial charge on any atom is -0.390 e. The van der Waals surface area contributed by atoms with Crippen molar-refractivity contribution in [1.29, 1.82) is 0 Å². The second-order valence-electron chi connectivity index (χ2n) is 3.33. The van der Waals surface area contributed by atoms with Gasteiger partial charge in [0, 0.05) is 10.0 Å². The summed E-state index contributed by atoms with van der Waals surface area (Å²) >= 11 is 6.68. The molecule has 3 aromatic rings. The molecule has 0 saturated heterocycles. The summed E-state index contributed by atoms with van der Waals surface area (Å²) in [6.07, 6.45) is 0. The zero-order chi connectivity index (χ0) is 11.1. The number of rotatable bonds is 1. The standard InChI is InChI=1S/C11H7BrN2S2/c12-6-1-2-8-9(5-6)16-11(14-8)7-3-4-15-10(7)13/h1-5H,13H2. The highest BCUT2D eigenvalue weighted by Crippen LogP contribution is 2.36. The largest absolute Gasteiger partial charge is 0.390 e. The summed E-state index contributed by atoms with van der Waals surface area (Å²) in [5, 5.41) is 3.82. The lowest BCUT2D eigenvalue weighted by Crippen LogP contribution is -1.81. The predicted octanol–water partition coefficient (Wildman–Crippen LogP) is 4.37. The molecule has 2 nitrogen and oxygen atoms in total. The number of nitrogen functional groups attached to an aromatic ring is 1. The normalized spacial score (nSPS) is 11.1. The highest BCUT2D eigenvalue weighted by atomic mass is 79.9. The van der Waals surface area contributed by atoms with Crippen molar-refractivity contribution in [2.24, 2.45) is 0 Å². The average Bonchev–Trinajstić information content (AvgIpc) is 2.82. The van der Waals surface area contributed by atoms with Crippen LogP contribution in [0.2, 0.25) is 0 Å². The van der Waals surface area contributed by atoms with E-state index in [1.165, 1.54) is 4.70 Å². The number of fused-ring (bicyclic) bond motifs is 1. The molecule has 0 radical (unpaired) electrons. The Morgan fingerprint density at radius 2 is 2.12 bits per heavy atom. The molecule has 0 bridgehead atoms. The molecule has 2 heterocycles. The van der Waals surface area contributed by atoms with Gasteiger partial charge in [-0.15, -0.1) is 22.7 Å². The van der Waals surface area contributed by atoms with Crippen molar-refractivity contribution < 1.29 is 0 Å². The van der Waals surface area contributed by atoms with E-state index in [-0.39, 0.29) is 0 Å². The zero-order valence-electron chi connectivity index (χ0n) is 8.11. The van der Waals surface area contributed by atoms with E-state index in [0.29, 0.717) is 0 Å². The molecule has 0 aliphatic heterocycles. The van der Waals surface area contributed by atoms with Gasteiger partial charge in [-0.25, -0.2) is 4.98 Å². The molecule has 2 aromatic heterocycles. The Balaban J connectivity index is 2.23. The average molecular weight is 311 g/mol. The molecular formula is C11H7BrN2S2. The lowest BCUT2D eigenvalue weighted by atomic mass is 10.3. The fourth-order valence-corrected chi connectivity index (χ4v) is 3.78. The minimum absolute atomic E-state index is 0.832. The summed E-state index contributed by atoms with van der Waals surface area (Å²) in [5.74, 6) is 0. The van der Waals surface area contributed by atoms with Crippen LogP contribution in [0.15, 0.2) is 34.1 Å². The van der Waals surface area contributed by atoms with Gasteiger partial charge in [0.15, 0.2) is 0 Å². The third kappa shape index (κ3) is 1.65. The van der Waals surface area contributed by atoms with E-state index in [9.17, 15) is 0 Å². The van der Waals surface area contributed by atoms with Crippen molar-refractivity contribution in [2.75, 3.05) is 5.73 Å². The minimum atomic E-state index is 0.832. The van der Waals surface area contributed by atoms with Crippen LogP contribution in [0, 0.1) is 0 Å². The highest BCUT2D eigenvalue weighted by Gasteiger charge is 2.09. The number of thiophene rings is 1. The number of nitrogens with two attached hydrogens (primary N) is 1. The number of nitrogens with zero attached hydrogens (tertiary/aromatic N) is 1. The summed E-state index contributed by atoms with van der Waals surface area (Å²) < 4.78 is 2.25. The van der Waals surface area contributed by atoms with Crippen molar-refractivity contribution in [1.82, 2.24) is 4.98 Å². The molecule has 0 aliphatic carbocycles. The van der Waals surface area contributed by atoms with Gasteiger partial charge in [-0.1, -0.05) is 15.9 Å². The van der Waals surface area contributed by atoms with E-state index in [1.54, 1.807) is 22.7 Å². The Morgan fingerprint density at radius 3 is 2.88 bits per heavy atom.